The normalized spacial score (nSPS) is 10.8. The summed E-state index contributed by atoms with van der Waals surface area (Å²) in [5.41, 5.74) is 8.77. The molecule has 3 nitrogen and oxygen atoms in total. The van der Waals surface area contributed by atoms with Crippen LogP contribution in [0.1, 0.15) is 24.5 Å². The molecule has 1 aromatic carbocycles. The molecule has 1 aromatic heterocycles. The molecule has 0 aliphatic rings. The zero-order valence-corrected chi connectivity index (χ0v) is 10.7. The number of benzene rings is 1. The highest BCUT2D eigenvalue weighted by molar-refractivity contribution is 6.31. The summed E-state index contributed by atoms with van der Waals surface area (Å²) in [6.45, 7) is 4.06. The van der Waals surface area contributed by atoms with Gasteiger partial charge in [-0.2, -0.15) is 0 Å². The molecule has 0 spiro atoms. The topological polar surface area (TPSA) is 52.0 Å². The van der Waals surface area contributed by atoms with Gasteiger partial charge in [-0.15, -0.1) is 0 Å². The van der Waals surface area contributed by atoms with Crippen LogP contribution in [0.15, 0.2) is 22.7 Å². The summed E-state index contributed by atoms with van der Waals surface area (Å²) in [5.74, 6) is 1.23. The number of halogens is 1. The van der Waals surface area contributed by atoms with Crippen molar-refractivity contribution in [3.63, 3.8) is 0 Å². The number of rotatable bonds is 3. The second-order valence-corrected chi connectivity index (χ2v) is 4.50. The number of nitrogens with zero attached hydrogens (tertiary/aromatic N) is 1. The highest BCUT2D eigenvalue weighted by Gasteiger charge is 2.15. The van der Waals surface area contributed by atoms with Gasteiger partial charge in [0.05, 0.1) is 0 Å². The van der Waals surface area contributed by atoms with E-state index in [0.717, 1.165) is 40.3 Å². The SMILES string of the molecule is CCCc1c(N)noc1-c1ccc(Cl)c(C)c1. The molecule has 2 aromatic rings. The maximum Gasteiger partial charge on any atom is 0.172 e. The van der Waals surface area contributed by atoms with Crippen LogP contribution in [0, 0.1) is 6.92 Å². The molecule has 17 heavy (non-hydrogen) atoms. The van der Waals surface area contributed by atoms with Crippen LogP contribution in [0.4, 0.5) is 5.82 Å². The van der Waals surface area contributed by atoms with Gasteiger partial charge in [-0.1, -0.05) is 30.1 Å². The molecule has 0 aliphatic heterocycles. The van der Waals surface area contributed by atoms with Gasteiger partial charge in [0, 0.05) is 16.1 Å². The molecule has 1 heterocycles. The summed E-state index contributed by atoms with van der Waals surface area (Å²) in [6.07, 6.45) is 1.87. The van der Waals surface area contributed by atoms with Gasteiger partial charge in [0.25, 0.3) is 0 Å². The third-order valence-electron chi connectivity index (χ3n) is 2.74. The molecule has 0 fully saturated rings. The number of nitrogens with two attached hydrogens (primary N) is 1. The number of aryl methyl sites for hydroxylation is 1. The first-order valence-electron chi connectivity index (χ1n) is 5.64. The third kappa shape index (κ3) is 2.29. The quantitative estimate of drug-likeness (QED) is 0.901. The summed E-state index contributed by atoms with van der Waals surface area (Å²) in [7, 11) is 0. The van der Waals surface area contributed by atoms with Crippen molar-refractivity contribution in [2.45, 2.75) is 26.7 Å². The first-order valence-corrected chi connectivity index (χ1v) is 6.01. The van der Waals surface area contributed by atoms with Crippen LogP contribution < -0.4 is 5.73 Å². The molecule has 0 unspecified atom stereocenters. The Morgan fingerprint density at radius 1 is 1.41 bits per heavy atom. The molecule has 0 aliphatic carbocycles. The molecule has 0 radical (unpaired) electrons. The maximum absolute atomic E-state index is 6.00. The predicted molar refractivity (Wildman–Crippen MR) is 70.1 cm³/mol. The Morgan fingerprint density at radius 3 is 2.82 bits per heavy atom. The van der Waals surface area contributed by atoms with Crippen LogP contribution in [-0.4, -0.2) is 5.16 Å². The minimum absolute atomic E-state index is 0.481. The van der Waals surface area contributed by atoms with Crippen LogP contribution in [-0.2, 0) is 6.42 Å². The monoisotopic (exact) mass is 250 g/mol. The first-order chi connectivity index (χ1) is 8.13. The molecular weight excluding hydrogens is 236 g/mol. The Balaban J connectivity index is 2.48. The van der Waals surface area contributed by atoms with Gasteiger partial charge in [-0.25, -0.2) is 0 Å². The lowest BCUT2D eigenvalue weighted by Gasteiger charge is -2.03. The average Bonchev–Trinajstić information content (AvgIpc) is 2.66. The Kier molecular flexibility index (Phi) is 3.38. The maximum atomic E-state index is 6.00. The van der Waals surface area contributed by atoms with Crippen LogP contribution in [0.3, 0.4) is 0 Å². The van der Waals surface area contributed by atoms with Gasteiger partial charge in [-0.05, 0) is 37.1 Å². The van der Waals surface area contributed by atoms with Crippen LogP contribution in [0.2, 0.25) is 5.02 Å². The van der Waals surface area contributed by atoms with Crippen LogP contribution in [0.25, 0.3) is 11.3 Å². The van der Waals surface area contributed by atoms with E-state index in [-0.39, 0.29) is 0 Å². The molecule has 90 valence electrons. The van der Waals surface area contributed by atoms with Crippen LogP contribution in [0.5, 0.6) is 0 Å². The Hall–Kier alpha value is -1.48. The second-order valence-electron chi connectivity index (χ2n) is 4.09. The van der Waals surface area contributed by atoms with E-state index >= 15 is 0 Å². The zero-order chi connectivity index (χ0) is 12.4. The van der Waals surface area contributed by atoms with Gasteiger partial charge < -0.3 is 10.3 Å². The molecule has 0 saturated heterocycles. The van der Waals surface area contributed by atoms with Gasteiger partial charge in [0.1, 0.15) is 0 Å². The van der Waals surface area contributed by atoms with Crippen molar-refractivity contribution in [3.05, 3.63) is 34.3 Å². The van der Waals surface area contributed by atoms with E-state index in [9.17, 15) is 0 Å². The third-order valence-corrected chi connectivity index (χ3v) is 3.16. The summed E-state index contributed by atoms with van der Waals surface area (Å²) >= 11 is 6.00. The van der Waals surface area contributed by atoms with E-state index in [4.69, 9.17) is 21.9 Å². The van der Waals surface area contributed by atoms with Crippen molar-refractivity contribution in [3.8, 4) is 11.3 Å². The second kappa shape index (κ2) is 4.80. The lowest BCUT2D eigenvalue weighted by Crippen LogP contribution is -1.92. The van der Waals surface area contributed by atoms with E-state index in [0.29, 0.717) is 5.82 Å². The van der Waals surface area contributed by atoms with Crippen molar-refractivity contribution in [1.82, 2.24) is 5.16 Å². The number of nitrogen functional groups attached to an aromatic ring is 1. The molecule has 0 bridgehead atoms. The van der Waals surface area contributed by atoms with Crippen molar-refractivity contribution >= 4 is 17.4 Å². The highest BCUT2D eigenvalue weighted by Crippen LogP contribution is 2.31. The fourth-order valence-corrected chi connectivity index (χ4v) is 1.94. The van der Waals surface area contributed by atoms with E-state index in [1.807, 2.05) is 25.1 Å². The molecule has 0 atom stereocenters. The summed E-state index contributed by atoms with van der Waals surface area (Å²) < 4.78 is 5.31. The number of anilines is 1. The molecule has 2 rings (SSSR count). The summed E-state index contributed by atoms with van der Waals surface area (Å²) in [4.78, 5) is 0. The predicted octanol–water partition coefficient (Wildman–Crippen LogP) is 3.84. The minimum Gasteiger partial charge on any atom is -0.381 e. The van der Waals surface area contributed by atoms with Gasteiger partial charge in [0.15, 0.2) is 11.6 Å². The van der Waals surface area contributed by atoms with E-state index in [1.165, 1.54) is 0 Å². The molecule has 2 N–H and O–H groups in total. The average molecular weight is 251 g/mol. The van der Waals surface area contributed by atoms with Gasteiger partial charge in [0.2, 0.25) is 0 Å². The largest absolute Gasteiger partial charge is 0.381 e. The van der Waals surface area contributed by atoms with Gasteiger partial charge in [-0.3, -0.25) is 0 Å². The summed E-state index contributed by atoms with van der Waals surface area (Å²) in [5, 5.41) is 4.58. The lowest BCUT2D eigenvalue weighted by molar-refractivity contribution is 0.435. The van der Waals surface area contributed by atoms with Crippen LogP contribution >= 0.6 is 11.6 Å². The lowest BCUT2D eigenvalue weighted by atomic mass is 10.0. The number of aromatic nitrogens is 1. The zero-order valence-electron chi connectivity index (χ0n) is 9.96. The van der Waals surface area contributed by atoms with Crippen molar-refractivity contribution < 1.29 is 4.52 Å². The highest BCUT2D eigenvalue weighted by atomic mass is 35.5. The van der Waals surface area contributed by atoms with E-state index in [1.54, 1.807) is 0 Å². The Morgan fingerprint density at radius 2 is 2.18 bits per heavy atom. The number of hydrogen-bond donors (Lipinski definition) is 1. The van der Waals surface area contributed by atoms with E-state index < -0.39 is 0 Å². The minimum atomic E-state index is 0.481. The fourth-order valence-electron chi connectivity index (χ4n) is 1.83. The summed E-state index contributed by atoms with van der Waals surface area (Å²) in [6, 6.07) is 5.77. The van der Waals surface area contributed by atoms with Crippen molar-refractivity contribution in [2.75, 3.05) is 5.73 Å². The standard InChI is InChI=1S/C13H15ClN2O/c1-3-4-10-12(17-16-13(10)15)9-5-6-11(14)8(2)7-9/h5-7H,3-4H2,1-2H3,(H2,15,16). The first kappa shape index (κ1) is 12.0. The fraction of sp³-hybridized carbons (Fsp3) is 0.308. The molecule has 4 heteroatoms. The van der Waals surface area contributed by atoms with Gasteiger partial charge >= 0.3 is 0 Å². The molecule has 0 saturated carbocycles. The van der Waals surface area contributed by atoms with Crippen molar-refractivity contribution in [1.29, 1.82) is 0 Å². The Labute approximate surface area is 106 Å². The van der Waals surface area contributed by atoms with Crippen molar-refractivity contribution in [2.24, 2.45) is 0 Å². The van der Waals surface area contributed by atoms with E-state index in [2.05, 4.69) is 12.1 Å². The number of hydrogen-bond acceptors (Lipinski definition) is 3. The smallest absolute Gasteiger partial charge is 0.172 e. The molecular formula is C13H15ClN2O. The molecule has 0 amide bonds. The Bertz CT molecular complexity index is 534.